The largest absolute Gasteiger partial charge is 0.313 e. The maximum absolute atomic E-state index is 3.76. The minimum atomic E-state index is 1.19. The predicted molar refractivity (Wildman–Crippen MR) is 98.6 cm³/mol. The van der Waals surface area contributed by atoms with E-state index in [1.54, 1.807) is 0 Å². The van der Waals surface area contributed by atoms with Crippen molar-refractivity contribution in [2.24, 2.45) is 0 Å². The van der Waals surface area contributed by atoms with Crippen molar-refractivity contribution < 1.29 is 0 Å². The average molecular weight is 289 g/mol. The molecule has 112 valence electrons. The van der Waals surface area contributed by atoms with Gasteiger partial charge in [-0.15, -0.1) is 0 Å². The van der Waals surface area contributed by atoms with Gasteiger partial charge >= 0.3 is 0 Å². The summed E-state index contributed by atoms with van der Waals surface area (Å²) in [4.78, 5) is 0. The molecule has 0 atom stereocenters. The molecule has 0 aliphatic heterocycles. The van der Waals surface area contributed by atoms with Crippen molar-refractivity contribution in [2.75, 3.05) is 0 Å². The van der Waals surface area contributed by atoms with Crippen LogP contribution in [0, 0.1) is 6.92 Å². The number of nitrogens with zero attached hydrogens (tertiary/aromatic N) is 1. The van der Waals surface area contributed by atoms with Gasteiger partial charge in [-0.2, -0.15) is 0 Å². The summed E-state index contributed by atoms with van der Waals surface area (Å²) in [6.45, 7) is 9.92. The van der Waals surface area contributed by atoms with Gasteiger partial charge in [0, 0.05) is 22.3 Å². The van der Waals surface area contributed by atoms with E-state index in [0.717, 1.165) is 0 Å². The number of fused-ring (bicyclic) bond motifs is 1. The van der Waals surface area contributed by atoms with E-state index in [0.29, 0.717) is 0 Å². The number of hydrogen-bond acceptors (Lipinski definition) is 0. The van der Waals surface area contributed by atoms with E-state index in [1.807, 2.05) is 32.1 Å². The zero-order chi connectivity index (χ0) is 15.9. The monoisotopic (exact) mass is 289 g/mol. The lowest BCUT2D eigenvalue weighted by Crippen LogP contribution is -1.95. The van der Waals surface area contributed by atoms with Gasteiger partial charge in [-0.3, -0.25) is 0 Å². The fraction of sp³-hybridized carbons (Fsp3) is 0.143. The Morgan fingerprint density at radius 3 is 2.23 bits per heavy atom. The summed E-state index contributed by atoms with van der Waals surface area (Å²) in [6, 6.07) is 19.0. The van der Waals surface area contributed by atoms with Crippen molar-refractivity contribution in [3.63, 3.8) is 0 Å². The normalized spacial score (nSPS) is 10.5. The Bertz CT molecular complexity index is 776. The van der Waals surface area contributed by atoms with Gasteiger partial charge in [-0.1, -0.05) is 75.1 Å². The summed E-state index contributed by atoms with van der Waals surface area (Å²) in [5.41, 5.74) is 4.93. The van der Waals surface area contributed by atoms with Crippen LogP contribution in [0.2, 0.25) is 0 Å². The molecule has 1 nitrogen and oxygen atoms in total. The zero-order valence-electron chi connectivity index (χ0n) is 13.6. The van der Waals surface area contributed by atoms with Gasteiger partial charge in [0.05, 0.1) is 5.52 Å². The second-order valence-corrected chi connectivity index (χ2v) is 4.78. The van der Waals surface area contributed by atoms with Crippen molar-refractivity contribution in [1.82, 2.24) is 4.57 Å². The van der Waals surface area contributed by atoms with Crippen LogP contribution in [-0.2, 0) is 0 Å². The lowest BCUT2D eigenvalue weighted by atomic mass is 10.1. The van der Waals surface area contributed by atoms with Gasteiger partial charge < -0.3 is 4.57 Å². The first-order chi connectivity index (χ1) is 10.8. The highest BCUT2D eigenvalue weighted by Gasteiger charge is 2.12. The lowest BCUT2D eigenvalue weighted by molar-refractivity contribution is 1.05. The first-order valence-electron chi connectivity index (χ1n) is 7.77. The van der Waals surface area contributed by atoms with Gasteiger partial charge in [0.25, 0.3) is 0 Å². The molecule has 0 radical (unpaired) electrons. The molecule has 1 heteroatoms. The molecule has 0 spiro atoms. The van der Waals surface area contributed by atoms with Crippen molar-refractivity contribution in [3.8, 4) is 5.69 Å². The van der Waals surface area contributed by atoms with Crippen LogP contribution in [0.3, 0.4) is 0 Å². The number of allylic oxidation sites excluding steroid dienone is 2. The van der Waals surface area contributed by atoms with Crippen LogP contribution in [-0.4, -0.2) is 4.57 Å². The maximum atomic E-state index is 3.76. The molecule has 0 saturated carbocycles. The highest BCUT2D eigenvalue weighted by molar-refractivity contribution is 5.92. The molecule has 1 heterocycles. The van der Waals surface area contributed by atoms with E-state index in [4.69, 9.17) is 0 Å². The molecule has 0 amide bonds. The van der Waals surface area contributed by atoms with Gasteiger partial charge in [0.1, 0.15) is 0 Å². The molecule has 0 aliphatic rings. The van der Waals surface area contributed by atoms with Crippen LogP contribution in [0.5, 0.6) is 0 Å². The Hall–Kier alpha value is -2.54. The van der Waals surface area contributed by atoms with Gasteiger partial charge in [-0.05, 0) is 25.1 Å². The van der Waals surface area contributed by atoms with Crippen LogP contribution in [0.1, 0.15) is 25.1 Å². The van der Waals surface area contributed by atoms with E-state index in [9.17, 15) is 0 Å². The summed E-state index contributed by atoms with van der Waals surface area (Å²) < 4.78 is 2.30. The fourth-order valence-corrected chi connectivity index (χ4v) is 2.68. The number of hydrogen-bond donors (Lipinski definition) is 0. The summed E-state index contributed by atoms with van der Waals surface area (Å²) >= 11 is 0. The third-order valence-corrected chi connectivity index (χ3v) is 3.57. The van der Waals surface area contributed by atoms with Crippen molar-refractivity contribution in [2.45, 2.75) is 20.8 Å². The van der Waals surface area contributed by atoms with Crippen molar-refractivity contribution in [1.29, 1.82) is 0 Å². The summed E-state index contributed by atoms with van der Waals surface area (Å²) in [5, 5.41) is 1.27. The SMILES string of the molecule is C=C/C=C\c1c(C)n(-c2ccccc2)c2ccccc12.CC. The van der Waals surface area contributed by atoms with Crippen LogP contribution >= 0.6 is 0 Å². The number of rotatable bonds is 3. The number of para-hydroxylation sites is 2. The summed E-state index contributed by atoms with van der Waals surface area (Å²) in [5.74, 6) is 0. The zero-order valence-corrected chi connectivity index (χ0v) is 13.6. The van der Waals surface area contributed by atoms with Crippen LogP contribution in [0.4, 0.5) is 0 Å². The molecule has 2 aromatic carbocycles. The molecule has 0 saturated heterocycles. The first kappa shape index (κ1) is 15.8. The van der Waals surface area contributed by atoms with Crippen LogP contribution < -0.4 is 0 Å². The van der Waals surface area contributed by atoms with E-state index in [2.05, 4.69) is 72.7 Å². The standard InChI is InChI=1S/C19H17N.C2H6/c1-3-4-12-17-15(2)20(16-10-6-5-7-11-16)19-14-9-8-13-18(17)19;1-2/h3-14H,1H2,2H3;1-2H3/b12-4-;. The first-order valence-corrected chi connectivity index (χ1v) is 7.77. The number of benzene rings is 2. The molecule has 0 unspecified atom stereocenters. The Balaban J connectivity index is 0.000000847. The molecule has 0 bridgehead atoms. The molecular formula is C21H23N. The summed E-state index contributed by atoms with van der Waals surface area (Å²) in [6.07, 6.45) is 5.93. The summed E-state index contributed by atoms with van der Waals surface area (Å²) in [7, 11) is 0. The third kappa shape index (κ3) is 2.89. The number of aromatic nitrogens is 1. The molecule has 3 rings (SSSR count). The van der Waals surface area contributed by atoms with Gasteiger partial charge in [0.2, 0.25) is 0 Å². The lowest BCUT2D eigenvalue weighted by Gasteiger charge is -2.08. The molecular weight excluding hydrogens is 266 g/mol. The van der Waals surface area contributed by atoms with E-state index < -0.39 is 0 Å². The van der Waals surface area contributed by atoms with E-state index in [1.165, 1.54) is 27.8 Å². The minimum Gasteiger partial charge on any atom is -0.313 e. The Kier molecular flexibility index (Phi) is 5.37. The van der Waals surface area contributed by atoms with Gasteiger partial charge in [0.15, 0.2) is 0 Å². The molecule has 0 aliphatic carbocycles. The van der Waals surface area contributed by atoms with Crippen LogP contribution in [0.25, 0.3) is 22.7 Å². The molecule has 22 heavy (non-hydrogen) atoms. The topological polar surface area (TPSA) is 4.93 Å². The van der Waals surface area contributed by atoms with E-state index >= 15 is 0 Å². The van der Waals surface area contributed by atoms with Crippen molar-refractivity contribution >= 4 is 17.0 Å². The maximum Gasteiger partial charge on any atom is 0.0537 e. The molecule has 0 N–H and O–H groups in total. The molecule has 1 aromatic heterocycles. The Labute approximate surface area is 133 Å². The Morgan fingerprint density at radius 2 is 1.55 bits per heavy atom. The van der Waals surface area contributed by atoms with Crippen LogP contribution in [0.15, 0.2) is 73.3 Å². The van der Waals surface area contributed by atoms with Gasteiger partial charge in [-0.25, -0.2) is 0 Å². The van der Waals surface area contributed by atoms with Crippen molar-refractivity contribution in [3.05, 3.63) is 84.6 Å². The molecule has 0 fully saturated rings. The second kappa shape index (κ2) is 7.46. The minimum absolute atomic E-state index is 1.19. The van der Waals surface area contributed by atoms with E-state index in [-0.39, 0.29) is 0 Å². The Morgan fingerprint density at radius 1 is 0.909 bits per heavy atom. The smallest absolute Gasteiger partial charge is 0.0537 e. The fourth-order valence-electron chi connectivity index (χ4n) is 2.68. The average Bonchev–Trinajstić information content (AvgIpc) is 2.87. The molecule has 3 aromatic rings. The predicted octanol–water partition coefficient (Wildman–Crippen LogP) is 6.16. The quantitative estimate of drug-likeness (QED) is 0.508. The highest BCUT2D eigenvalue weighted by Crippen LogP contribution is 2.29. The second-order valence-electron chi connectivity index (χ2n) is 4.78. The highest BCUT2D eigenvalue weighted by atomic mass is 15.0. The third-order valence-electron chi connectivity index (χ3n) is 3.57.